The first-order valence-corrected chi connectivity index (χ1v) is 8.76. The molecule has 0 bridgehead atoms. The molecule has 0 aliphatic heterocycles. The van der Waals surface area contributed by atoms with Crippen molar-refractivity contribution in [3.63, 3.8) is 0 Å². The van der Waals surface area contributed by atoms with E-state index in [4.69, 9.17) is 11.6 Å². The van der Waals surface area contributed by atoms with Crippen LogP contribution in [0.4, 0.5) is 13.2 Å². The van der Waals surface area contributed by atoms with Gasteiger partial charge in [0, 0.05) is 30.0 Å². The minimum absolute atomic E-state index is 0.0290. The molecule has 1 N–H and O–H groups in total. The summed E-state index contributed by atoms with van der Waals surface area (Å²) in [5, 5.41) is 11.1. The van der Waals surface area contributed by atoms with Crippen molar-refractivity contribution < 1.29 is 22.8 Å². The number of aromatic hydroxyl groups is 1. The minimum Gasteiger partial charge on any atom is -0.477 e. The molecule has 0 spiro atoms. The SMILES string of the molecule is O=c1c(-c2c(F)cc(F)cc2F)c(O)[n+](Cc2ccc(Cl)nc2)c2ccccn12. The van der Waals surface area contributed by atoms with Gasteiger partial charge in [-0.3, -0.25) is 0 Å². The second kappa shape index (κ2) is 7.21. The highest BCUT2D eigenvalue weighted by atomic mass is 35.5. The molecule has 0 saturated carbocycles. The quantitative estimate of drug-likeness (QED) is 0.409. The van der Waals surface area contributed by atoms with Crippen molar-refractivity contribution in [2.24, 2.45) is 0 Å². The standard InChI is InChI=1S/C20H11ClF3N3O2/c21-15-5-4-11(9-25-15)10-27-16-3-1-2-6-26(16)19(28)18(20(27)29)17-13(23)7-12(22)8-14(17)24/h1-9H,10H2/p+1. The number of rotatable bonds is 3. The lowest BCUT2D eigenvalue weighted by atomic mass is 10.1. The van der Waals surface area contributed by atoms with Crippen molar-refractivity contribution in [3.05, 3.63) is 93.4 Å². The van der Waals surface area contributed by atoms with Gasteiger partial charge in [0.1, 0.15) is 29.1 Å². The van der Waals surface area contributed by atoms with E-state index in [0.717, 1.165) is 4.40 Å². The van der Waals surface area contributed by atoms with Crippen LogP contribution in [0.15, 0.2) is 59.7 Å². The van der Waals surface area contributed by atoms with Crippen LogP contribution in [0.25, 0.3) is 16.8 Å². The molecule has 5 nitrogen and oxygen atoms in total. The molecule has 0 fully saturated rings. The minimum atomic E-state index is -1.30. The number of halogens is 4. The van der Waals surface area contributed by atoms with Crippen molar-refractivity contribution in [1.29, 1.82) is 0 Å². The lowest BCUT2D eigenvalue weighted by Crippen LogP contribution is -2.41. The fourth-order valence-electron chi connectivity index (χ4n) is 3.12. The van der Waals surface area contributed by atoms with Gasteiger partial charge in [0.25, 0.3) is 11.5 Å². The van der Waals surface area contributed by atoms with Crippen LogP contribution < -0.4 is 10.1 Å². The predicted molar refractivity (Wildman–Crippen MR) is 99.2 cm³/mol. The Kier molecular flexibility index (Phi) is 4.71. The third kappa shape index (κ3) is 3.31. The summed E-state index contributed by atoms with van der Waals surface area (Å²) in [6.45, 7) is 0.0290. The molecule has 0 unspecified atom stereocenters. The maximum absolute atomic E-state index is 14.4. The zero-order chi connectivity index (χ0) is 20.7. The molecule has 0 atom stereocenters. The Morgan fingerprint density at radius 1 is 1.07 bits per heavy atom. The van der Waals surface area contributed by atoms with Gasteiger partial charge in [0.15, 0.2) is 5.56 Å². The average Bonchev–Trinajstić information content (AvgIpc) is 2.68. The van der Waals surface area contributed by atoms with E-state index in [9.17, 15) is 23.1 Å². The molecule has 0 radical (unpaired) electrons. The molecule has 29 heavy (non-hydrogen) atoms. The average molecular weight is 419 g/mol. The first kappa shape index (κ1) is 18.9. The van der Waals surface area contributed by atoms with E-state index in [-0.39, 0.29) is 17.3 Å². The molecule has 4 aromatic rings. The number of nitrogens with zero attached hydrogens (tertiary/aromatic N) is 3. The van der Waals surface area contributed by atoms with E-state index in [0.29, 0.717) is 17.7 Å². The molecule has 0 amide bonds. The van der Waals surface area contributed by atoms with Gasteiger partial charge >= 0.3 is 5.56 Å². The summed E-state index contributed by atoms with van der Waals surface area (Å²) in [5.74, 6) is -4.40. The normalized spacial score (nSPS) is 11.2. The topological polar surface area (TPSA) is 58.5 Å². The van der Waals surface area contributed by atoms with Crippen molar-refractivity contribution in [2.45, 2.75) is 6.54 Å². The van der Waals surface area contributed by atoms with Crippen LogP contribution in [-0.2, 0) is 6.54 Å². The lowest BCUT2D eigenvalue weighted by Gasteiger charge is -2.11. The molecule has 0 aliphatic carbocycles. The second-order valence-corrected chi connectivity index (χ2v) is 6.64. The van der Waals surface area contributed by atoms with Crippen molar-refractivity contribution in [3.8, 4) is 17.0 Å². The van der Waals surface area contributed by atoms with E-state index in [1.54, 1.807) is 30.3 Å². The summed E-state index contributed by atoms with van der Waals surface area (Å²) in [4.78, 5) is 16.9. The van der Waals surface area contributed by atoms with E-state index in [1.165, 1.54) is 17.0 Å². The zero-order valence-electron chi connectivity index (χ0n) is 14.6. The molecule has 9 heteroatoms. The van der Waals surface area contributed by atoms with E-state index < -0.39 is 40.0 Å². The van der Waals surface area contributed by atoms with E-state index >= 15 is 0 Å². The third-order valence-corrected chi connectivity index (χ3v) is 4.64. The highest BCUT2D eigenvalue weighted by molar-refractivity contribution is 6.29. The highest BCUT2D eigenvalue weighted by Crippen LogP contribution is 2.29. The van der Waals surface area contributed by atoms with Crippen LogP contribution in [-0.4, -0.2) is 14.5 Å². The summed E-state index contributed by atoms with van der Waals surface area (Å²) in [6, 6.07) is 8.86. The summed E-state index contributed by atoms with van der Waals surface area (Å²) >= 11 is 5.79. The molecule has 0 saturated heterocycles. The van der Waals surface area contributed by atoms with Gasteiger partial charge in [-0.25, -0.2) is 22.9 Å². The third-order valence-electron chi connectivity index (χ3n) is 4.41. The Morgan fingerprint density at radius 3 is 2.45 bits per heavy atom. The lowest BCUT2D eigenvalue weighted by molar-refractivity contribution is -0.671. The van der Waals surface area contributed by atoms with Crippen LogP contribution in [0.1, 0.15) is 5.56 Å². The van der Waals surface area contributed by atoms with Crippen molar-refractivity contribution >= 4 is 17.2 Å². The zero-order valence-corrected chi connectivity index (χ0v) is 15.4. The number of benzene rings is 1. The van der Waals surface area contributed by atoms with Gasteiger partial charge in [0.05, 0.1) is 11.8 Å². The van der Waals surface area contributed by atoms with Gasteiger partial charge in [-0.2, -0.15) is 8.97 Å². The molecule has 146 valence electrons. The first-order valence-electron chi connectivity index (χ1n) is 8.38. The maximum atomic E-state index is 14.4. The predicted octanol–water partition coefficient (Wildman–Crippen LogP) is 3.47. The summed E-state index contributed by atoms with van der Waals surface area (Å²) < 4.78 is 44.5. The fourth-order valence-corrected chi connectivity index (χ4v) is 3.24. The van der Waals surface area contributed by atoms with Crippen LogP contribution >= 0.6 is 11.6 Å². The van der Waals surface area contributed by atoms with E-state index in [1.807, 2.05) is 0 Å². The summed E-state index contributed by atoms with van der Waals surface area (Å²) in [7, 11) is 0. The molecule has 3 heterocycles. The maximum Gasteiger partial charge on any atom is 0.354 e. The van der Waals surface area contributed by atoms with Gasteiger partial charge < -0.3 is 5.11 Å². The summed E-state index contributed by atoms with van der Waals surface area (Å²) in [5.41, 5.74) is -1.39. The Hall–Kier alpha value is -3.39. The van der Waals surface area contributed by atoms with Crippen LogP contribution in [0.3, 0.4) is 0 Å². The van der Waals surface area contributed by atoms with Gasteiger partial charge in [-0.15, -0.1) is 0 Å². The Morgan fingerprint density at radius 2 is 1.79 bits per heavy atom. The largest absolute Gasteiger partial charge is 0.477 e. The van der Waals surface area contributed by atoms with Gasteiger partial charge in [-0.1, -0.05) is 23.7 Å². The highest BCUT2D eigenvalue weighted by Gasteiger charge is 2.29. The van der Waals surface area contributed by atoms with E-state index in [2.05, 4.69) is 4.98 Å². The number of aromatic nitrogens is 3. The smallest absolute Gasteiger partial charge is 0.354 e. The Labute approximate surface area is 166 Å². The van der Waals surface area contributed by atoms with Gasteiger partial charge in [0.2, 0.25) is 0 Å². The molecular weight excluding hydrogens is 407 g/mol. The molecule has 1 aromatic carbocycles. The van der Waals surface area contributed by atoms with Gasteiger partial charge in [-0.05, 0) is 12.1 Å². The summed E-state index contributed by atoms with van der Waals surface area (Å²) in [6.07, 6.45) is 2.87. The first-order chi connectivity index (χ1) is 13.9. The van der Waals surface area contributed by atoms with Crippen LogP contribution in [0.5, 0.6) is 5.88 Å². The second-order valence-electron chi connectivity index (χ2n) is 6.25. The number of pyridine rings is 2. The molecule has 3 aromatic heterocycles. The van der Waals surface area contributed by atoms with Crippen LogP contribution in [0, 0.1) is 17.5 Å². The van der Waals surface area contributed by atoms with Crippen LogP contribution in [0.2, 0.25) is 5.15 Å². The molecule has 0 aliphatic rings. The van der Waals surface area contributed by atoms with Crippen molar-refractivity contribution in [2.75, 3.05) is 0 Å². The Bertz CT molecular complexity index is 1280. The molecule has 4 rings (SSSR count). The monoisotopic (exact) mass is 418 g/mol. The number of hydrogen-bond acceptors (Lipinski definition) is 3. The number of hydrogen-bond donors (Lipinski definition) is 1. The molecular formula is C20H12ClF3N3O2+. The fraction of sp³-hybridized carbons (Fsp3) is 0.0500. The number of fused-ring (bicyclic) bond motifs is 1. The Balaban J connectivity index is 2.04. The van der Waals surface area contributed by atoms with Crippen molar-refractivity contribution in [1.82, 2.24) is 9.38 Å².